The molecule has 0 heterocycles. The SMILES string of the molecule is O=C(O)Cc1ccc(F)c(C2CCCCC2)c1. The molecule has 2 rings (SSSR count). The summed E-state index contributed by atoms with van der Waals surface area (Å²) in [7, 11) is 0. The van der Waals surface area contributed by atoms with Gasteiger partial charge < -0.3 is 5.11 Å². The normalized spacial score (nSPS) is 17.0. The standard InChI is InChI=1S/C14H17FO2/c15-13-7-6-10(9-14(16)17)8-12(13)11-4-2-1-3-5-11/h6-8,11H,1-5,9H2,(H,16,17). The molecule has 1 aliphatic carbocycles. The van der Waals surface area contributed by atoms with E-state index >= 15 is 0 Å². The molecule has 1 aliphatic rings. The van der Waals surface area contributed by atoms with Gasteiger partial charge >= 0.3 is 5.97 Å². The fraction of sp³-hybridized carbons (Fsp3) is 0.500. The maximum Gasteiger partial charge on any atom is 0.307 e. The van der Waals surface area contributed by atoms with Crippen molar-refractivity contribution in [2.75, 3.05) is 0 Å². The quantitative estimate of drug-likeness (QED) is 0.872. The highest BCUT2D eigenvalue weighted by Crippen LogP contribution is 2.34. The number of carbonyl (C=O) groups is 1. The van der Waals surface area contributed by atoms with Crippen LogP contribution in [0.5, 0.6) is 0 Å². The molecule has 17 heavy (non-hydrogen) atoms. The van der Waals surface area contributed by atoms with Crippen LogP contribution in [0.1, 0.15) is 49.1 Å². The van der Waals surface area contributed by atoms with E-state index in [1.165, 1.54) is 12.5 Å². The van der Waals surface area contributed by atoms with Gasteiger partial charge in [0.1, 0.15) is 5.82 Å². The van der Waals surface area contributed by atoms with E-state index in [4.69, 9.17) is 5.11 Å². The van der Waals surface area contributed by atoms with Crippen LogP contribution in [-0.2, 0) is 11.2 Å². The first kappa shape index (κ1) is 12.1. The highest BCUT2D eigenvalue weighted by Gasteiger charge is 2.19. The van der Waals surface area contributed by atoms with Gasteiger partial charge in [0, 0.05) is 0 Å². The molecule has 2 nitrogen and oxygen atoms in total. The van der Waals surface area contributed by atoms with Crippen LogP contribution in [0.25, 0.3) is 0 Å². The molecule has 0 aromatic heterocycles. The van der Waals surface area contributed by atoms with E-state index in [9.17, 15) is 9.18 Å². The Hall–Kier alpha value is -1.38. The van der Waals surface area contributed by atoms with E-state index < -0.39 is 5.97 Å². The molecule has 3 heteroatoms. The van der Waals surface area contributed by atoms with Gasteiger partial charge in [0.15, 0.2) is 0 Å². The lowest BCUT2D eigenvalue weighted by atomic mass is 9.83. The Morgan fingerprint density at radius 3 is 2.65 bits per heavy atom. The molecule has 92 valence electrons. The fourth-order valence-corrected chi connectivity index (χ4v) is 2.60. The van der Waals surface area contributed by atoms with Crippen molar-refractivity contribution in [2.45, 2.75) is 44.4 Å². The summed E-state index contributed by atoms with van der Waals surface area (Å²) in [6.45, 7) is 0. The van der Waals surface area contributed by atoms with Crippen LogP contribution >= 0.6 is 0 Å². The van der Waals surface area contributed by atoms with Crippen LogP contribution in [0.15, 0.2) is 18.2 Å². The van der Waals surface area contributed by atoms with Gasteiger partial charge in [0.25, 0.3) is 0 Å². The maximum atomic E-state index is 13.7. The zero-order valence-corrected chi connectivity index (χ0v) is 9.79. The van der Waals surface area contributed by atoms with Crippen molar-refractivity contribution in [3.8, 4) is 0 Å². The lowest BCUT2D eigenvalue weighted by molar-refractivity contribution is -0.136. The smallest absolute Gasteiger partial charge is 0.307 e. The number of halogens is 1. The van der Waals surface area contributed by atoms with Gasteiger partial charge in [-0.2, -0.15) is 0 Å². The summed E-state index contributed by atoms with van der Waals surface area (Å²) in [4.78, 5) is 10.6. The van der Waals surface area contributed by atoms with Crippen LogP contribution in [0.2, 0.25) is 0 Å². The third kappa shape index (κ3) is 3.05. The zero-order chi connectivity index (χ0) is 12.3. The van der Waals surface area contributed by atoms with E-state index in [2.05, 4.69) is 0 Å². The summed E-state index contributed by atoms with van der Waals surface area (Å²) < 4.78 is 13.7. The second-order valence-electron chi connectivity index (χ2n) is 4.76. The highest BCUT2D eigenvalue weighted by molar-refractivity contribution is 5.70. The van der Waals surface area contributed by atoms with Crippen LogP contribution in [0.3, 0.4) is 0 Å². The maximum absolute atomic E-state index is 13.7. The van der Waals surface area contributed by atoms with Gasteiger partial charge in [-0.15, -0.1) is 0 Å². The Balaban J connectivity index is 2.21. The summed E-state index contributed by atoms with van der Waals surface area (Å²) in [5, 5.41) is 8.74. The number of hydrogen-bond donors (Lipinski definition) is 1. The zero-order valence-electron chi connectivity index (χ0n) is 9.79. The van der Waals surface area contributed by atoms with Gasteiger partial charge in [0.05, 0.1) is 6.42 Å². The lowest BCUT2D eigenvalue weighted by Crippen LogP contribution is -2.08. The van der Waals surface area contributed by atoms with Crippen molar-refractivity contribution in [2.24, 2.45) is 0 Å². The van der Waals surface area contributed by atoms with Crippen molar-refractivity contribution < 1.29 is 14.3 Å². The Morgan fingerprint density at radius 2 is 2.00 bits per heavy atom. The van der Waals surface area contributed by atoms with Crippen LogP contribution < -0.4 is 0 Å². The molecule has 0 saturated heterocycles. The molecule has 1 fully saturated rings. The van der Waals surface area contributed by atoms with Crippen molar-refractivity contribution in [3.05, 3.63) is 35.1 Å². The van der Waals surface area contributed by atoms with Crippen molar-refractivity contribution in [1.29, 1.82) is 0 Å². The Kier molecular flexibility index (Phi) is 3.77. The minimum atomic E-state index is -0.869. The van der Waals surface area contributed by atoms with E-state index in [0.717, 1.165) is 25.7 Å². The largest absolute Gasteiger partial charge is 0.481 e. The monoisotopic (exact) mass is 236 g/mol. The van der Waals surface area contributed by atoms with Gasteiger partial charge in [-0.25, -0.2) is 4.39 Å². The number of hydrogen-bond acceptors (Lipinski definition) is 1. The average Bonchev–Trinajstić information content (AvgIpc) is 2.32. The van der Waals surface area contributed by atoms with Gasteiger partial charge in [-0.05, 0) is 36.0 Å². The lowest BCUT2D eigenvalue weighted by Gasteiger charge is -2.22. The fourth-order valence-electron chi connectivity index (χ4n) is 2.60. The molecule has 0 bridgehead atoms. The summed E-state index contributed by atoms with van der Waals surface area (Å²) in [6.07, 6.45) is 5.54. The number of carboxylic acids is 1. The second kappa shape index (κ2) is 5.30. The first-order chi connectivity index (χ1) is 8.16. The molecule has 1 aromatic rings. The van der Waals surface area contributed by atoms with Gasteiger partial charge in [-0.3, -0.25) is 4.79 Å². The van der Waals surface area contributed by atoms with Crippen molar-refractivity contribution in [3.63, 3.8) is 0 Å². The van der Waals surface area contributed by atoms with Gasteiger partial charge in [-0.1, -0.05) is 31.4 Å². The third-order valence-corrected chi connectivity index (χ3v) is 3.46. The third-order valence-electron chi connectivity index (χ3n) is 3.46. The molecule has 0 amide bonds. The number of aliphatic carboxylic acids is 1. The molecular weight excluding hydrogens is 219 g/mol. The van der Waals surface area contributed by atoms with Crippen molar-refractivity contribution in [1.82, 2.24) is 0 Å². The molecule has 0 atom stereocenters. The minimum Gasteiger partial charge on any atom is -0.481 e. The number of rotatable bonds is 3. The summed E-state index contributed by atoms with van der Waals surface area (Å²) in [5.74, 6) is -0.783. The number of benzene rings is 1. The van der Waals surface area contributed by atoms with Crippen LogP contribution in [0.4, 0.5) is 4.39 Å². The summed E-state index contributed by atoms with van der Waals surface area (Å²) in [5.41, 5.74) is 1.41. The van der Waals surface area contributed by atoms with E-state index in [1.54, 1.807) is 12.1 Å². The topological polar surface area (TPSA) is 37.3 Å². The van der Waals surface area contributed by atoms with E-state index in [0.29, 0.717) is 11.1 Å². The number of carboxylic acid groups (broad SMARTS) is 1. The molecule has 0 radical (unpaired) electrons. The molecule has 0 unspecified atom stereocenters. The van der Waals surface area contributed by atoms with Crippen molar-refractivity contribution >= 4 is 5.97 Å². The predicted octanol–water partition coefficient (Wildman–Crippen LogP) is 3.50. The highest BCUT2D eigenvalue weighted by atomic mass is 19.1. The predicted molar refractivity (Wildman–Crippen MR) is 63.6 cm³/mol. The first-order valence-electron chi connectivity index (χ1n) is 6.17. The average molecular weight is 236 g/mol. The Bertz CT molecular complexity index is 409. The summed E-state index contributed by atoms with van der Waals surface area (Å²) >= 11 is 0. The van der Waals surface area contributed by atoms with E-state index in [1.807, 2.05) is 0 Å². The Labute approximate surface area is 100 Å². The van der Waals surface area contributed by atoms with Crippen LogP contribution in [-0.4, -0.2) is 11.1 Å². The first-order valence-corrected chi connectivity index (χ1v) is 6.17. The van der Waals surface area contributed by atoms with Crippen LogP contribution in [0, 0.1) is 5.82 Å². The summed E-state index contributed by atoms with van der Waals surface area (Å²) in [6, 6.07) is 4.71. The molecule has 0 aliphatic heterocycles. The minimum absolute atomic E-state index is 0.0278. The molecule has 1 aromatic carbocycles. The van der Waals surface area contributed by atoms with Gasteiger partial charge in [0.2, 0.25) is 0 Å². The molecule has 1 saturated carbocycles. The Morgan fingerprint density at radius 1 is 1.29 bits per heavy atom. The molecule has 1 N–H and O–H groups in total. The molecular formula is C14H17FO2. The molecule has 0 spiro atoms. The van der Waals surface area contributed by atoms with E-state index in [-0.39, 0.29) is 18.2 Å². The second-order valence-corrected chi connectivity index (χ2v) is 4.76.